The molecule has 11 heteroatoms. The summed E-state index contributed by atoms with van der Waals surface area (Å²) < 4.78 is 39.2. The lowest BCUT2D eigenvalue weighted by atomic mass is 9.81. The minimum atomic E-state index is -1.81. The van der Waals surface area contributed by atoms with Crippen molar-refractivity contribution in [2.24, 2.45) is 0 Å². The summed E-state index contributed by atoms with van der Waals surface area (Å²) in [6.45, 7) is 6.42. The summed E-state index contributed by atoms with van der Waals surface area (Å²) in [5.41, 5.74) is -0.952. The molecule has 3 aliphatic heterocycles. The Balaban J connectivity index is 2.02. The standard InChI is InChI=1S/C19H29NO10/c1-10(21)20-15-14(13(28-11(2)22)12-7-26-17(3,4)29-12)30-19(25-6,16(23)24-5)8-18(15)9-27-18/h12-15H,7-9H2,1-6H3,(H,20,21)/t12-,13+,14+,15+,18+,19+/m1/s1. The summed E-state index contributed by atoms with van der Waals surface area (Å²) in [7, 11) is 2.52. The number of amides is 1. The Hall–Kier alpha value is -1.79. The summed E-state index contributed by atoms with van der Waals surface area (Å²) in [6.07, 6.45) is -2.80. The molecule has 1 N–H and O–H groups in total. The molecule has 3 heterocycles. The van der Waals surface area contributed by atoms with Gasteiger partial charge in [0, 0.05) is 27.4 Å². The van der Waals surface area contributed by atoms with Gasteiger partial charge in [-0.05, 0) is 13.8 Å². The molecule has 0 saturated carbocycles. The van der Waals surface area contributed by atoms with E-state index in [1.807, 2.05) is 0 Å². The Morgan fingerprint density at radius 2 is 1.77 bits per heavy atom. The van der Waals surface area contributed by atoms with Crippen molar-refractivity contribution in [1.29, 1.82) is 0 Å². The predicted molar refractivity (Wildman–Crippen MR) is 98.0 cm³/mol. The van der Waals surface area contributed by atoms with E-state index in [1.165, 1.54) is 28.1 Å². The molecule has 6 atom stereocenters. The zero-order chi connectivity index (χ0) is 22.3. The molecule has 3 fully saturated rings. The van der Waals surface area contributed by atoms with Gasteiger partial charge in [-0.25, -0.2) is 4.79 Å². The highest BCUT2D eigenvalue weighted by Crippen LogP contribution is 2.49. The summed E-state index contributed by atoms with van der Waals surface area (Å²) in [6, 6.07) is -0.736. The van der Waals surface area contributed by atoms with Gasteiger partial charge in [0.25, 0.3) is 5.79 Å². The minimum Gasteiger partial charge on any atom is -0.465 e. The van der Waals surface area contributed by atoms with E-state index in [9.17, 15) is 14.4 Å². The lowest BCUT2D eigenvalue weighted by Gasteiger charge is -2.47. The van der Waals surface area contributed by atoms with Gasteiger partial charge >= 0.3 is 11.9 Å². The highest BCUT2D eigenvalue weighted by Gasteiger charge is 2.69. The Morgan fingerprint density at radius 3 is 2.20 bits per heavy atom. The van der Waals surface area contributed by atoms with Gasteiger partial charge in [0.15, 0.2) is 11.9 Å². The van der Waals surface area contributed by atoms with E-state index in [1.54, 1.807) is 13.8 Å². The number of carbonyl (C=O) groups excluding carboxylic acids is 3. The molecule has 0 aromatic carbocycles. The van der Waals surface area contributed by atoms with Crippen LogP contribution in [0.4, 0.5) is 0 Å². The number of epoxide rings is 1. The smallest absolute Gasteiger partial charge is 0.366 e. The molecule has 30 heavy (non-hydrogen) atoms. The molecule has 1 amide bonds. The molecule has 3 aliphatic rings. The van der Waals surface area contributed by atoms with Crippen LogP contribution in [0.1, 0.15) is 34.1 Å². The quantitative estimate of drug-likeness (QED) is 0.440. The van der Waals surface area contributed by atoms with Crippen molar-refractivity contribution >= 4 is 17.8 Å². The van der Waals surface area contributed by atoms with Crippen molar-refractivity contribution in [2.45, 2.75) is 75.6 Å². The normalized spacial score (nSPS) is 38.0. The number of rotatable bonds is 6. The largest absolute Gasteiger partial charge is 0.465 e. The fourth-order valence-electron chi connectivity index (χ4n) is 4.10. The van der Waals surface area contributed by atoms with Crippen LogP contribution < -0.4 is 5.32 Å². The topological polar surface area (TPSA) is 131 Å². The summed E-state index contributed by atoms with van der Waals surface area (Å²) >= 11 is 0. The van der Waals surface area contributed by atoms with Crippen LogP contribution in [0.15, 0.2) is 0 Å². The average molecular weight is 431 g/mol. The Kier molecular flexibility index (Phi) is 6.14. The molecule has 0 aliphatic carbocycles. The third-order valence-corrected chi connectivity index (χ3v) is 5.48. The van der Waals surface area contributed by atoms with Gasteiger partial charge in [-0.3, -0.25) is 9.59 Å². The van der Waals surface area contributed by atoms with Crippen LogP contribution in [0.2, 0.25) is 0 Å². The lowest BCUT2D eigenvalue weighted by Crippen LogP contribution is -2.69. The average Bonchev–Trinajstić information content (AvgIpc) is 3.34. The highest BCUT2D eigenvalue weighted by atomic mass is 16.8. The molecule has 0 radical (unpaired) electrons. The molecule has 0 unspecified atom stereocenters. The maximum absolute atomic E-state index is 12.6. The Bertz CT molecular complexity index is 705. The fraction of sp³-hybridized carbons (Fsp3) is 0.842. The first-order chi connectivity index (χ1) is 14.0. The molecule has 0 bridgehead atoms. The van der Waals surface area contributed by atoms with Gasteiger partial charge in [0.05, 0.1) is 26.4 Å². The molecule has 3 saturated heterocycles. The summed E-state index contributed by atoms with van der Waals surface area (Å²) in [5.74, 6) is -4.40. The van der Waals surface area contributed by atoms with Gasteiger partial charge in [0.1, 0.15) is 17.8 Å². The Labute approximate surface area is 174 Å². The first-order valence-corrected chi connectivity index (χ1v) is 9.69. The van der Waals surface area contributed by atoms with E-state index >= 15 is 0 Å². The van der Waals surface area contributed by atoms with Crippen LogP contribution >= 0.6 is 0 Å². The maximum atomic E-state index is 12.6. The van der Waals surface area contributed by atoms with Crippen LogP contribution in [-0.4, -0.2) is 86.8 Å². The van der Waals surface area contributed by atoms with E-state index in [0.717, 1.165) is 0 Å². The number of esters is 2. The number of carbonyl (C=O) groups is 3. The van der Waals surface area contributed by atoms with E-state index in [0.29, 0.717) is 0 Å². The van der Waals surface area contributed by atoms with E-state index in [-0.39, 0.29) is 25.5 Å². The molecule has 1 spiro atoms. The van der Waals surface area contributed by atoms with Crippen LogP contribution in [-0.2, 0) is 47.5 Å². The Morgan fingerprint density at radius 1 is 1.10 bits per heavy atom. The second-order valence-corrected chi connectivity index (χ2v) is 8.18. The number of hydrogen-bond donors (Lipinski definition) is 1. The van der Waals surface area contributed by atoms with Gasteiger partial charge < -0.3 is 38.5 Å². The zero-order valence-corrected chi connectivity index (χ0v) is 18.0. The third kappa shape index (κ3) is 4.30. The number of hydrogen-bond acceptors (Lipinski definition) is 10. The molecular weight excluding hydrogens is 402 g/mol. The van der Waals surface area contributed by atoms with E-state index in [2.05, 4.69) is 5.32 Å². The minimum absolute atomic E-state index is 0.00900. The van der Waals surface area contributed by atoms with Crippen molar-refractivity contribution in [3.63, 3.8) is 0 Å². The predicted octanol–water partition coefficient (Wildman–Crippen LogP) is -0.352. The van der Waals surface area contributed by atoms with Gasteiger partial charge in [-0.1, -0.05) is 0 Å². The van der Waals surface area contributed by atoms with Gasteiger partial charge in [0.2, 0.25) is 5.91 Å². The summed E-state index contributed by atoms with van der Waals surface area (Å²) in [4.78, 5) is 36.5. The number of ether oxygens (including phenoxy) is 7. The van der Waals surface area contributed by atoms with E-state index in [4.69, 9.17) is 33.2 Å². The van der Waals surface area contributed by atoms with Gasteiger partial charge in [-0.2, -0.15) is 0 Å². The lowest BCUT2D eigenvalue weighted by molar-refractivity contribution is -0.302. The van der Waals surface area contributed by atoms with E-state index < -0.39 is 53.5 Å². The first kappa shape index (κ1) is 22.9. The maximum Gasteiger partial charge on any atom is 0.366 e. The molecule has 11 nitrogen and oxygen atoms in total. The first-order valence-electron chi connectivity index (χ1n) is 9.69. The number of nitrogens with one attached hydrogen (secondary N) is 1. The molecule has 0 aromatic heterocycles. The molecule has 0 aromatic rings. The van der Waals surface area contributed by atoms with Crippen molar-refractivity contribution in [3.05, 3.63) is 0 Å². The molecule has 3 rings (SSSR count). The van der Waals surface area contributed by atoms with Crippen LogP contribution in [0.3, 0.4) is 0 Å². The van der Waals surface area contributed by atoms with Gasteiger partial charge in [-0.15, -0.1) is 0 Å². The second-order valence-electron chi connectivity index (χ2n) is 8.18. The molecule has 170 valence electrons. The monoisotopic (exact) mass is 431 g/mol. The van der Waals surface area contributed by atoms with Crippen molar-refractivity contribution < 1.29 is 47.5 Å². The second kappa shape index (κ2) is 8.04. The third-order valence-electron chi connectivity index (χ3n) is 5.48. The number of methoxy groups -OCH3 is 2. The highest BCUT2D eigenvalue weighted by molar-refractivity contribution is 5.79. The van der Waals surface area contributed by atoms with Crippen LogP contribution in [0.5, 0.6) is 0 Å². The van der Waals surface area contributed by atoms with Crippen molar-refractivity contribution in [2.75, 3.05) is 27.4 Å². The SMILES string of the molecule is COC(=O)[C@]1(OC)C[C@]2(CO2)[C@@H](NC(C)=O)[C@H]([C@@H](OC(C)=O)[C@H]2COC(C)(C)O2)O1. The van der Waals surface area contributed by atoms with Crippen LogP contribution in [0.25, 0.3) is 0 Å². The van der Waals surface area contributed by atoms with Crippen molar-refractivity contribution in [3.8, 4) is 0 Å². The van der Waals surface area contributed by atoms with Crippen LogP contribution in [0, 0.1) is 0 Å². The molecular formula is C19H29NO10. The fourth-order valence-corrected chi connectivity index (χ4v) is 4.10. The summed E-state index contributed by atoms with van der Waals surface area (Å²) in [5, 5.41) is 2.82. The van der Waals surface area contributed by atoms with Crippen molar-refractivity contribution in [1.82, 2.24) is 5.32 Å². The zero-order valence-electron chi connectivity index (χ0n) is 18.0.